The second kappa shape index (κ2) is 5.07. The van der Waals surface area contributed by atoms with Gasteiger partial charge in [0.15, 0.2) is 0 Å². The van der Waals surface area contributed by atoms with Crippen LogP contribution in [-0.2, 0) is 9.59 Å². The van der Waals surface area contributed by atoms with Crippen molar-refractivity contribution in [2.24, 2.45) is 0 Å². The first-order valence-electron chi connectivity index (χ1n) is 6.52. The van der Waals surface area contributed by atoms with Crippen LogP contribution in [0.15, 0.2) is 28.7 Å². The number of rotatable bonds is 2. The van der Waals surface area contributed by atoms with Crippen molar-refractivity contribution in [3.8, 4) is 0 Å². The highest BCUT2D eigenvalue weighted by atomic mass is 79.9. The number of carbonyl (C=O) groups excluding carboxylic acids is 2. The van der Waals surface area contributed by atoms with Gasteiger partial charge in [0.05, 0.1) is 4.87 Å². The molecule has 2 heterocycles. The fraction of sp³-hybridized carbons (Fsp3) is 0.429. The molecule has 0 aliphatic carbocycles. The molecule has 1 aromatic carbocycles. The zero-order chi connectivity index (χ0) is 14.3. The van der Waals surface area contributed by atoms with Gasteiger partial charge in [0.1, 0.15) is 6.04 Å². The summed E-state index contributed by atoms with van der Waals surface area (Å²) in [4.78, 5) is 26.0. The maximum Gasteiger partial charge on any atom is 0.248 e. The summed E-state index contributed by atoms with van der Waals surface area (Å²) >= 11 is 5.07. The van der Waals surface area contributed by atoms with Crippen LogP contribution in [0.2, 0.25) is 0 Å². The van der Waals surface area contributed by atoms with E-state index in [-0.39, 0.29) is 22.7 Å². The van der Waals surface area contributed by atoms with E-state index in [2.05, 4.69) is 28.2 Å². The van der Waals surface area contributed by atoms with E-state index in [0.717, 1.165) is 16.6 Å². The molecule has 2 atom stereocenters. The van der Waals surface area contributed by atoms with E-state index >= 15 is 0 Å². The van der Waals surface area contributed by atoms with Gasteiger partial charge in [0.25, 0.3) is 0 Å². The maximum absolute atomic E-state index is 12.4. The molecule has 0 saturated carbocycles. The minimum Gasteiger partial charge on any atom is -0.324 e. The Hall–Kier alpha value is -1.01. The highest BCUT2D eigenvalue weighted by molar-refractivity contribution is 9.10. The molecule has 4 nitrogen and oxygen atoms in total. The number of benzene rings is 1. The Morgan fingerprint density at radius 3 is 2.85 bits per heavy atom. The molecule has 0 aromatic heterocycles. The number of anilines is 1. The van der Waals surface area contributed by atoms with E-state index < -0.39 is 0 Å². The summed E-state index contributed by atoms with van der Waals surface area (Å²) in [5.74, 6) is 0.664. The van der Waals surface area contributed by atoms with Crippen LogP contribution in [0.4, 0.5) is 5.69 Å². The molecule has 2 aliphatic heterocycles. The van der Waals surface area contributed by atoms with Crippen LogP contribution in [0.5, 0.6) is 0 Å². The summed E-state index contributed by atoms with van der Waals surface area (Å²) in [6, 6.07) is 7.09. The Bertz CT molecular complexity index is 563. The van der Waals surface area contributed by atoms with Crippen LogP contribution in [0, 0.1) is 0 Å². The van der Waals surface area contributed by atoms with E-state index in [1.165, 1.54) is 0 Å². The van der Waals surface area contributed by atoms with Crippen molar-refractivity contribution >= 4 is 45.2 Å². The molecule has 1 N–H and O–H groups in total. The normalized spacial score (nSPS) is 28.6. The summed E-state index contributed by atoms with van der Waals surface area (Å²) in [5, 5.41) is 2.89. The standard InChI is InChI=1S/C14H15BrN2O2S/c1-14-7-6-12(18)17(14)11(8-20-14)13(19)16-10-4-2-9(15)3-5-10/h2-5,11H,6-8H2,1H3,(H,16,19)/t11-,14+/m1/s1. The number of amides is 2. The third-order valence-electron chi connectivity index (χ3n) is 3.86. The first-order chi connectivity index (χ1) is 9.49. The lowest BCUT2D eigenvalue weighted by Gasteiger charge is -2.29. The quantitative estimate of drug-likeness (QED) is 0.888. The summed E-state index contributed by atoms with van der Waals surface area (Å²) < 4.78 is 0.967. The molecule has 3 rings (SSSR count). The molecule has 1 aromatic rings. The highest BCUT2D eigenvalue weighted by Crippen LogP contribution is 2.47. The van der Waals surface area contributed by atoms with E-state index in [0.29, 0.717) is 12.2 Å². The number of hydrogen-bond donors (Lipinski definition) is 1. The predicted molar refractivity (Wildman–Crippen MR) is 83.5 cm³/mol. The molecule has 2 aliphatic rings. The molecule has 106 valence electrons. The fourth-order valence-corrected chi connectivity index (χ4v) is 4.47. The van der Waals surface area contributed by atoms with E-state index in [4.69, 9.17) is 0 Å². The number of fused-ring (bicyclic) bond motifs is 1. The van der Waals surface area contributed by atoms with E-state index in [9.17, 15) is 9.59 Å². The van der Waals surface area contributed by atoms with Crippen LogP contribution in [0.3, 0.4) is 0 Å². The molecule has 2 fully saturated rings. The van der Waals surface area contributed by atoms with Crippen LogP contribution >= 0.6 is 27.7 Å². The van der Waals surface area contributed by atoms with E-state index in [1.54, 1.807) is 16.7 Å². The average Bonchev–Trinajstić information content (AvgIpc) is 2.90. The predicted octanol–water partition coefficient (Wildman–Crippen LogP) is 2.84. The molecular weight excluding hydrogens is 340 g/mol. The van der Waals surface area contributed by atoms with Gasteiger partial charge in [-0.3, -0.25) is 9.59 Å². The zero-order valence-electron chi connectivity index (χ0n) is 11.1. The molecule has 20 heavy (non-hydrogen) atoms. The van der Waals surface area contributed by atoms with Gasteiger partial charge in [0.2, 0.25) is 11.8 Å². The smallest absolute Gasteiger partial charge is 0.248 e. The van der Waals surface area contributed by atoms with Crippen molar-refractivity contribution in [1.29, 1.82) is 0 Å². The Morgan fingerprint density at radius 1 is 1.45 bits per heavy atom. The maximum atomic E-state index is 12.4. The number of nitrogens with one attached hydrogen (secondary N) is 1. The van der Waals surface area contributed by atoms with Gasteiger partial charge in [-0.05, 0) is 37.6 Å². The zero-order valence-corrected chi connectivity index (χ0v) is 13.5. The number of hydrogen-bond acceptors (Lipinski definition) is 3. The first-order valence-corrected chi connectivity index (χ1v) is 8.30. The van der Waals surface area contributed by atoms with Crippen LogP contribution in [0.25, 0.3) is 0 Å². The lowest BCUT2D eigenvalue weighted by atomic mass is 10.2. The van der Waals surface area contributed by atoms with Gasteiger partial charge in [0, 0.05) is 22.3 Å². The third-order valence-corrected chi connectivity index (χ3v) is 5.89. The van der Waals surface area contributed by atoms with Crippen molar-refractivity contribution in [2.75, 3.05) is 11.1 Å². The second-order valence-electron chi connectivity index (χ2n) is 5.26. The Kier molecular flexibility index (Phi) is 3.54. The monoisotopic (exact) mass is 354 g/mol. The molecule has 0 radical (unpaired) electrons. The van der Waals surface area contributed by atoms with Crippen molar-refractivity contribution in [3.63, 3.8) is 0 Å². The fourth-order valence-electron chi connectivity index (χ4n) is 2.77. The van der Waals surface area contributed by atoms with Gasteiger partial charge in [-0.1, -0.05) is 15.9 Å². The van der Waals surface area contributed by atoms with Crippen LogP contribution in [0.1, 0.15) is 19.8 Å². The van der Waals surface area contributed by atoms with Gasteiger partial charge in [-0.15, -0.1) is 11.8 Å². The highest BCUT2D eigenvalue weighted by Gasteiger charge is 2.52. The number of carbonyl (C=O) groups is 2. The first kappa shape index (κ1) is 13.9. The van der Waals surface area contributed by atoms with Crippen molar-refractivity contribution in [1.82, 2.24) is 4.90 Å². The van der Waals surface area contributed by atoms with E-state index in [1.807, 2.05) is 24.3 Å². The summed E-state index contributed by atoms with van der Waals surface area (Å²) in [6.07, 6.45) is 1.38. The lowest BCUT2D eigenvalue weighted by Crippen LogP contribution is -2.48. The topological polar surface area (TPSA) is 49.4 Å². The molecule has 0 bridgehead atoms. The molecule has 2 saturated heterocycles. The number of nitrogens with zero attached hydrogens (tertiary/aromatic N) is 1. The van der Waals surface area contributed by atoms with Gasteiger partial charge in [-0.25, -0.2) is 0 Å². The molecule has 6 heteroatoms. The molecule has 0 spiro atoms. The SMILES string of the molecule is C[C@]12CCC(=O)N1[C@@H](C(=O)Nc1ccc(Br)cc1)CS2. The molecule has 2 amide bonds. The Labute approximate surface area is 130 Å². The minimum atomic E-state index is -0.358. The molecule has 0 unspecified atom stereocenters. The third kappa shape index (κ3) is 2.35. The van der Waals surface area contributed by atoms with Crippen LogP contribution < -0.4 is 5.32 Å². The summed E-state index contributed by atoms with van der Waals surface area (Å²) in [6.45, 7) is 2.05. The van der Waals surface area contributed by atoms with Gasteiger partial charge < -0.3 is 10.2 Å². The number of thioether (sulfide) groups is 1. The van der Waals surface area contributed by atoms with Crippen molar-refractivity contribution < 1.29 is 9.59 Å². The second-order valence-corrected chi connectivity index (χ2v) is 7.68. The van der Waals surface area contributed by atoms with Crippen molar-refractivity contribution in [2.45, 2.75) is 30.7 Å². The Morgan fingerprint density at radius 2 is 2.15 bits per heavy atom. The van der Waals surface area contributed by atoms with Crippen LogP contribution in [-0.4, -0.2) is 33.4 Å². The minimum absolute atomic E-state index is 0.0912. The van der Waals surface area contributed by atoms with Gasteiger partial charge >= 0.3 is 0 Å². The Balaban J connectivity index is 1.75. The number of halogens is 1. The summed E-state index contributed by atoms with van der Waals surface area (Å²) in [5.41, 5.74) is 0.753. The van der Waals surface area contributed by atoms with Gasteiger partial charge in [-0.2, -0.15) is 0 Å². The summed E-state index contributed by atoms with van der Waals surface area (Å²) in [7, 11) is 0. The van der Waals surface area contributed by atoms with Crippen molar-refractivity contribution in [3.05, 3.63) is 28.7 Å². The molecular formula is C14H15BrN2O2S. The average molecular weight is 355 g/mol. The lowest BCUT2D eigenvalue weighted by molar-refractivity contribution is -0.135. The largest absolute Gasteiger partial charge is 0.324 e.